The molecule has 1 fully saturated rings. The molecule has 7 heteroatoms. The van der Waals surface area contributed by atoms with Crippen LogP contribution in [0, 0.1) is 0 Å². The molecule has 2 amide bonds. The van der Waals surface area contributed by atoms with Crippen molar-refractivity contribution in [3.63, 3.8) is 0 Å². The van der Waals surface area contributed by atoms with E-state index in [0.717, 1.165) is 10.6 Å². The summed E-state index contributed by atoms with van der Waals surface area (Å²) in [5.41, 5.74) is 2.44. The first-order chi connectivity index (χ1) is 12.0. The number of carboxylic acid groups (broad SMARTS) is 1. The van der Waals surface area contributed by atoms with Gasteiger partial charge < -0.3 is 5.11 Å². The Morgan fingerprint density at radius 3 is 2.92 bits per heavy atom. The van der Waals surface area contributed by atoms with E-state index in [-0.39, 0.29) is 30.3 Å². The lowest BCUT2D eigenvalue weighted by atomic mass is 10.0. The molecule has 134 valence electrons. The summed E-state index contributed by atoms with van der Waals surface area (Å²) in [5, 5.41) is 11.2. The number of aliphatic carboxylic acids is 1. The molecule has 6 nitrogen and oxygen atoms in total. The molecule has 2 unspecified atom stereocenters. The lowest BCUT2D eigenvalue weighted by Crippen LogP contribution is -2.51. The Morgan fingerprint density at radius 2 is 2.20 bits per heavy atom. The monoisotopic (exact) mass is 362 g/mol. The van der Waals surface area contributed by atoms with Crippen molar-refractivity contribution in [2.75, 3.05) is 5.75 Å². The summed E-state index contributed by atoms with van der Waals surface area (Å²) in [6.45, 7) is 2.78. The number of imide groups is 1. The van der Waals surface area contributed by atoms with Gasteiger partial charge in [-0.25, -0.2) is 0 Å². The van der Waals surface area contributed by atoms with Crippen molar-refractivity contribution in [2.45, 2.75) is 56.1 Å². The van der Waals surface area contributed by atoms with E-state index in [1.165, 1.54) is 11.1 Å². The third-order valence-corrected chi connectivity index (χ3v) is 6.05. The van der Waals surface area contributed by atoms with Crippen LogP contribution in [-0.2, 0) is 20.9 Å². The van der Waals surface area contributed by atoms with Gasteiger partial charge in [-0.2, -0.15) is 0 Å². The van der Waals surface area contributed by atoms with E-state index in [4.69, 9.17) is 5.11 Å². The predicted molar refractivity (Wildman–Crippen MR) is 94.2 cm³/mol. The topological polar surface area (TPSA) is 86.7 Å². The number of hydrogen-bond acceptors (Lipinski definition) is 5. The number of amides is 2. The standard InChI is InChI=1S/C18H22N2O4S/c1-11-12-4-2-5-15(25-9-3-6-17(22)23)13(12)10-20(11)14-7-8-16(21)19-18(14)24/h2,4-5,11,14H,3,6-10H2,1H3,(H,22,23)(H,19,21,24). The van der Waals surface area contributed by atoms with Crippen LogP contribution in [-0.4, -0.2) is 39.6 Å². The van der Waals surface area contributed by atoms with Gasteiger partial charge in [-0.05, 0) is 42.7 Å². The summed E-state index contributed by atoms with van der Waals surface area (Å²) in [5.74, 6) is -0.404. The van der Waals surface area contributed by atoms with Gasteiger partial charge in [0, 0.05) is 30.3 Å². The van der Waals surface area contributed by atoms with Crippen LogP contribution in [0.2, 0.25) is 0 Å². The van der Waals surface area contributed by atoms with Crippen molar-refractivity contribution in [3.05, 3.63) is 29.3 Å². The maximum atomic E-state index is 12.2. The molecule has 0 radical (unpaired) electrons. The number of hydrogen-bond donors (Lipinski definition) is 2. The molecule has 2 N–H and O–H groups in total. The summed E-state index contributed by atoms with van der Waals surface area (Å²) >= 11 is 1.68. The Balaban J connectivity index is 1.71. The smallest absolute Gasteiger partial charge is 0.303 e. The highest BCUT2D eigenvalue weighted by Gasteiger charge is 2.39. The number of nitrogens with zero attached hydrogens (tertiary/aromatic N) is 1. The molecule has 0 spiro atoms. The Hall–Kier alpha value is -1.86. The molecule has 1 saturated heterocycles. The van der Waals surface area contributed by atoms with Crippen LogP contribution in [0.25, 0.3) is 0 Å². The van der Waals surface area contributed by atoms with E-state index in [0.29, 0.717) is 25.8 Å². The average molecular weight is 362 g/mol. The fourth-order valence-electron chi connectivity index (χ4n) is 3.56. The first-order valence-electron chi connectivity index (χ1n) is 8.53. The first-order valence-corrected chi connectivity index (χ1v) is 9.51. The van der Waals surface area contributed by atoms with Crippen LogP contribution in [0.15, 0.2) is 23.1 Å². The summed E-state index contributed by atoms with van der Waals surface area (Å²) in [6, 6.07) is 6.02. The predicted octanol–water partition coefficient (Wildman–Crippen LogP) is 2.33. The number of piperidine rings is 1. The minimum Gasteiger partial charge on any atom is -0.481 e. The fraction of sp³-hybridized carbons (Fsp3) is 0.500. The zero-order valence-electron chi connectivity index (χ0n) is 14.2. The molecule has 2 atom stereocenters. The Morgan fingerprint density at radius 1 is 1.40 bits per heavy atom. The van der Waals surface area contributed by atoms with Crippen LogP contribution in [0.5, 0.6) is 0 Å². The number of thioether (sulfide) groups is 1. The lowest BCUT2D eigenvalue weighted by molar-refractivity contribution is -0.139. The molecule has 2 aliphatic heterocycles. The van der Waals surface area contributed by atoms with Crippen LogP contribution in [0.3, 0.4) is 0 Å². The SMILES string of the molecule is CC1c2cccc(SCCCC(=O)O)c2CN1C1CCC(=O)NC1=O. The number of benzene rings is 1. The minimum absolute atomic E-state index is 0.124. The van der Waals surface area contributed by atoms with Crippen molar-refractivity contribution in [2.24, 2.45) is 0 Å². The molecule has 1 aromatic rings. The van der Waals surface area contributed by atoms with Gasteiger partial charge in [-0.3, -0.25) is 24.6 Å². The minimum atomic E-state index is -0.767. The Labute approximate surface area is 151 Å². The number of fused-ring (bicyclic) bond motifs is 1. The second-order valence-electron chi connectivity index (χ2n) is 6.48. The van der Waals surface area contributed by atoms with E-state index < -0.39 is 5.97 Å². The summed E-state index contributed by atoms with van der Waals surface area (Å²) in [7, 11) is 0. The van der Waals surface area contributed by atoms with Gasteiger partial charge in [0.25, 0.3) is 0 Å². The molecule has 0 aromatic heterocycles. The first kappa shape index (κ1) is 17.9. The molecule has 0 saturated carbocycles. The van der Waals surface area contributed by atoms with Gasteiger partial charge in [0.1, 0.15) is 0 Å². The molecular weight excluding hydrogens is 340 g/mol. The molecule has 2 aliphatic rings. The summed E-state index contributed by atoms with van der Waals surface area (Å²) in [6.07, 6.45) is 1.76. The van der Waals surface area contributed by atoms with Crippen molar-refractivity contribution in [1.82, 2.24) is 10.2 Å². The second-order valence-corrected chi connectivity index (χ2v) is 7.62. The molecule has 0 bridgehead atoms. The quantitative estimate of drug-likeness (QED) is 0.459. The van der Waals surface area contributed by atoms with E-state index >= 15 is 0 Å². The summed E-state index contributed by atoms with van der Waals surface area (Å²) < 4.78 is 0. The molecule has 1 aromatic carbocycles. The van der Waals surface area contributed by atoms with Crippen LogP contribution >= 0.6 is 11.8 Å². The zero-order valence-corrected chi connectivity index (χ0v) is 15.0. The molecule has 2 heterocycles. The number of rotatable bonds is 6. The van der Waals surface area contributed by atoms with E-state index in [2.05, 4.69) is 29.3 Å². The van der Waals surface area contributed by atoms with Crippen LogP contribution in [0.1, 0.15) is 49.8 Å². The van der Waals surface area contributed by atoms with Crippen molar-refractivity contribution in [1.29, 1.82) is 0 Å². The molecule has 0 aliphatic carbocycles. The third kappa shape index (κ3) is 3.88. The highest BCUT2D eigenvalue weighted by Crippen LogP contribution is 2.40. The van der Waals surface area contributed by atoms with E-state index in [9.17, 15) is 14.4 Å². The van der Waals surface area contributed by atoms with Crippen molar-refractivity contribution in [3.8, 4) is 0 Å². The van der Waals surface area contributed by atoms with Crippen molar-refractivity contribution >= 4 is 29.5 Å². The number of carbonyl (C=O) groups is 3. The highest BCUT2D eigenvalue weighted by molar-refractivity contribution is 7.99. The summed E-state index contributed by atoms with van der Waals surface area (Å²) in [4.78, 5) is 37.6. The van der Waals surface area contributed by atoms with E-state index in [1.807, 2.05) is 6.07 Å². The van der Waals surface area contributed by atoms with Crippen LogP contribution < -0.4 is 5.32 Å². The van der Waals surface area contributed by atoms with Gasteiger partial charge >= 0.3 is 5.97 Å². The van der Waals surface area contributed by atoms with Crippen LogP contribution in [0.4, 0.5) is 0 Å². The Bertz CT molecular complexity index is 706. The van der Waals surface area contributed by atoms with Gasteiger partial charge in [0.2, 0.25) is 11.8 Å². The fourth-order valence-corrected chi connectivity index (χ4v) is 4.60. The molecule has 25 heavy (non-hydrogen) atoms. The number of carbonyl (C=O) groups excluding carboxylic acids is 2. The van der Waals surface area contributed by atoms with Crippen molar-refractivity contribution < 1.29 is 19.5 Å². The van der Waals surface area contributed by atoms with Gasteiger partial charge in [0.05, 0.1) is 6.04 Å². The van der Waals surface area contributed by atoms with Gasteiger partial charge in [-0.15, -0.1) is 11.8 Å². The highest BCUT2D eigenvalue weighted by atomic mass is 32.2. The maximum Gasteiger partial charge on any atom is 0.303 e. The zero-order chi connectivity index (χ0) is 18.0. The maximum absolute atomic E-state index is 12.2. The lowest BCUT2D eigenvalue weighted by Gasteiger charge is -2.32. The largest absolute Gasteiger partial charge is 0.481 e. The Kier molecular flexibility index (Phi) is 5.44. The molecule has 3 rings (SSSR count). The molecular formula is C18H22N2O4S. The average Bonchev–Trinajstić information content (AvgIpc) is 2.89. The number of nitrogens with one attached hydrogen (secondary N) is 1. The normalized spacial score (nSPS) is 23.4. The van der Waals surface area contributed by atoms with Gasteiger partial charge in [-0.1, -0.05) is 12.1 Å². The van der Waals surface area contributed by atoms with E-state index in [1.54, 1.807) is 11.8 Å². The number of carboxylic acids is 1. The third-order valence-electron chi connectivity index (χ3n) is 4.86. The van der Waals surface area contributed by atoms with Gasteiger partial charge in [0.15, 0.2) is 0 Å². The second kappa shape index (κ2) is 7.58.